The second-order valence-electron chi connectivity index (χ2n) is 3.36. The van der Waals surface area contributed by atoms with Crippen molar-refractivity contribution < 1.29 is 8.42 Å². The van der Waals surface area contributed by atoms with E-state index in [0.29, 0.717) is 0 Å². The van der Waals surface area contributed by atoms with Crippen LogP contribution in [0.5, 0.6) is 0 Å². The molecule has 0 saturated carbocycles. The van der Waals surface area contributed by atoms with Crippen LogP contribution in [0.2, 0.25) is 0 Å². The highest BCUT2D eigenvalue weighted by molar-refractivity contribution is 7.89. The first-order valence-electron chi connectivity index (χ1n) is 4.80. The molecule has 1 atom stereocenters. The number of nitrogens with two attached hydrogens (primary N) is 1. The standard InChI is InChI=1S/C10H16N2O2S/c1-9(10-5-3-2-4-6-10)12-15(13,14)8-7-11/h2-6,9,12H,7-8,11H2,1H3. The van der Waals surface area contributed by atoms with Gasteiger partial charge in [-0.25, -0.2) is 13.1 Å². The van der Waals surface area contributed by atoms with Crippen molar-refractivity contribution in [1.29, 1.82) is 0 Å². The van der Waals surface area contributed by atoms with Gasteiger partial charge in [-0.15, -0.1) is 0 Å². The summed E-state index contributed by atoms with van der Waals surface area (Å²) in [6, 6.07) is 9.20. The molecule has 84 valence electrons. The van der Waals surface area contributed by atoms with E-state index in [-0.39, 0.29) is 18.3 Å². The van der Waals surface area contributed by atoms with Gasteiger partial charge in [-0.05, 0) is 12.5 Å². The predicted octanol–water partition coefficient (Wildman–Crippen LogP) is 0.626. The van der Waals surface area contributed by atoms with E-state index in [1.54, 1.807) is 0 Å². The molecule has 0 aliphatic heterocycles. The van der Waals surface area contributed by atoms with Crippen molar-refractivity contribution in [3.8, 4) is 0 Å². The lowest BCUT2D eigenvalue weighted by Crippen LogP contribution is -2.31. The molecule has 0 bridgehead atoms. The molecule has 0 aromatic heterocycles. The highest BCUT2D eigenvalue weighted by atomic mass is 32.2. The van der Waals surface area contributed by atoms with E-state index >= 15 is 0 Å². The van der Waals surface area contributed by atoms with Gasteiger partial charge in [-0.2, -0.15) is 0 Å². The Kier molecular flexibility index (Phi) is 4.26. The molecule has 1 unspecified atom stereocenters. The lowest BCUT2D eigenvalue weighted by molar-refractivity contribution is 0.567. The molecular formula is C10H16N2O2S. The van der Waals surface area contributed by atoms with Crippen LogP contribution in [-0.2, 0) is 10.0 Å². The van der Waals surface area contributed by atoms with Gasteiger partial charge in [0.2, 0.25) is 10.0 Å². The molecule has 15 heavy (non-hydrogen) atoms. The van der Waals surface area contributed by atoms with Gasteiger partial charge >= 0.3 is 0 Å². The summed E-state index contributed by atoms with van der Waals surface area (Å²) >= 11 is 0. The summed E-state index contributed by atoms with van der Waals surface area (Å²) < 4.78 is 25.4. The van der Waals surface area contributed by atoms with Crippen molar-refractivity contribution in [1.82, 2.24) is 4.72 Å². The summed E-state index contributed by atoms with van der Waals surface area (Å²) in [5.41, 5.74) is 6.15. The van der Waals surface area contributed by atoms with Crippen LogP contribution in [0.15, 0.2) is 30.3 Å². The van der Waals surface area contributed by atoms with Gasteiger partial charge in [0.1, 0.15) is 0 Å². The van der Waals surface area contributed by atoms with Gasteiger partial charge in [0, 0.05) is 12.6 Å². The summed E-state index contributed by atoms with van der Waals surface area (Å²) in [4.78, 5) is 0. The average Bonchev–Trinajstić information content (AvgIpc) is 2.18. The Morgan fingerprint density at radius 3 is 2.47 bits per heavy atom. The van der Waals surface area contributed by atoms with Crippen LogP contribution in [0.1, 0.15) is 18.5 Å². The third-order valence-corrected chi connectivity index (χ3v) is 3.53. The first-order chi connectivity index (χ1) is 7.05. The Hall–Kier alpha value is -0.910. The van der Waals surface area contributed by atoms with E-state index in [9.17, 15) is 8.42 Å². The van der Waals surface area contributed by atoms with Crippen LogP contribution in [0.4, 0.5) is 0 Å². The zero-order chi connectivity index (χ0) is 11.3. The predicted molar refractivity (Wildman–Crippen MR) is 60.8 cm³/mol. The molecule has 0 amide bonds. The van der Waals surface area contributed by atoms with Crippen molar-refractivity contribution in [3.05, 3.63) is 35.9 Å². The van der Waals surface area contributed by atoms with Crippen LogP contribution in [0.3, 0.4) is 0 Å². The fraction of sp³-hybridized carbons (Fsp3) is 0.400. The van der Waals surface area contributed by atoms with Crippen LogP contribution in [0.25, 0.3) is 0 Å². The monoisotopic (exact) mass is 228 g/mol. The third kappa shape index (κ3) is 3.99. The molecule has 1 rings (SSSR count). The van der Waals surface area contributed by atoms with Crippen molar-refractivity contribution in [2.24, 2.45) is 5.73 Å². The third-order valence-electron chi connectivity index (χ3n) is 2.04. The van der Waals surface area contributed by atoms with Crippen molar-refractivity contribution >= 4 is 10.0 Å². The fourth-order valence-corrected chi connectivity index (χ4v) is 2.40. The SMILES string of the molecule is CC(NS(=O)(=O)CCN)c1ccccc1. The second-order valence-corrected chi connectivity index (χ2v) is 5.23. The quantitative estimate of drug-likeness (QED) is 0.776. The van der Waals surface area contributed by atoms with Crippen LogP contribution < -0.4 is 10.5 Å². The number of hydrogen-bond donors (Lipinski definition) is 2. The summed E-state index contributed by atoms with van der Waals surface area (Å²) in [5.74, 6) is -0.0375. The molecule has 0 spiro atoms. The van der Waals surface area contributed by atoms with Crippen LogP contribution >= 0.6 is 0 Å². The number of rotatable bonds is 5. The maximum atomic E-state index is 11.4. The number of hydrogen-bond acceptors (Lipinski definition) is 3. The lowest BCUT2D eigenvalue weighted by atomic mass is 10.1. The molecule has 0 fully saturated rings. The summed E-state index contributed by atoms with van der Waals surface area (Å²) in [7, 11) is -3.25. The molecule has 3 N–H and O–H groups in total. The lowest BCUT2D eigenvalue weighted by Gasteiger charge is -2.13. The second kappa shape index (κ2) is 5.25. The largest absolute Gasteiger partial charge is 0.329 e. The molecule has 1 aromatic rings. The Bertz CT molecular complexity index is 389. The highest BCUT2D eigenvalue weighted by Gasteiger charge is 2.14. The Morgan fingerprint density at radius 2 is 1.93 bits per heavy atom. The van der Waals surface area contributed by atoms with E-state index in [1.807, 2.05) is 37.3 Å². The van der Waals surface area contributed by atoms with Gasteiger partial charge in [0.05, 0.1) is 5.75 Å². The molecule has 0 saturated heterocycles. The van der Waals surface area contributed by atoms with Gasteiger partial charge in [-0.3, -0.25) is 0 Å². The number of benzene rings is 1. The summed E-state index contributed by atoms with van der Waals surface area (Å²) in [5, 5.41) is 0. The molecule has 0 aliphatic carbocycles. The first-order valence-corrected chi connectivity index (χ1v) is 6.45. The maximum Gasteiger partial charge on any atom is 0.213 e. The van der Waals surface area contributed by atoms with Crippen LogP contribution in [-0.4, -0.2) is 20.7 Å². The minimum absolute atomic E-state index is 0.0375. The summed E-state index contributed by atoms with van der Waals surface area (Å²) in [6.07, 6.45) is 0. The minimum atomic E-state index is -3.25. The first kappa shape index (κ1) is 12.2. The molecule has 0 aliphatic rings. The maximum absolute atomic E-state index is 11.4. The van der Waals surface area contributed by atoms with Crippen molar-refractivity contribution in [3.63, 3.8) is 0 Å². The highest BCUT2D eigenvalue weighted by Crippen LogP contribution is 2.12. The smallest absolute Gasteiger partial charge is 0.213 e. The van der Waals surface area contributed by atoms with E-state index in [2.05, 4.69) is 4.72 Å². The number of sulfonamides is 1. The molecular weight excluding hydrogens is 212 g/mol. The van der Waals surface area contributed by atoms with E-state index in [4.69, 9.17) is 5.73 Å². The Balaban J connectivity index is 2.68. The van der Waals surface area contributed by atoms with Gasteiger partial charge in [-0.1, -0.05) is 30.3 Å². The van der Waals surface area contributed by atoms with Gasteiger partial charge in [0.15, 0.2) is 0 Å². The van der Waals surface area contributed by atoms with Gasteiger partial charge < -0.3 is 5.73 Å². The van der Waals surface area contributed by atoms with Gasteiger partial charge in [0.25, 0.3) is 0 Å². The van der Waals surface area contributed by atoms with Crippen molar-refractivity contribution in [2.75, 3.05) is 12.3 Å². The topological polar surface area (TPSA) is 72.2 Å². The molecule has 4 nitrogen and oxygen atoms in total. The molecule has 0 heterocycles. The molecule has 1 aromatic carbocycles. The zero-order valence-electron chi connectivity index (χ0n) is 8.68. The van der Waals surface area contributed by atoms with Crippen molar-refractivity contribution in [2.45, 2.75) is 13.0 Å². The minimum Gasteiger partial charge on any atom is -0.329 e. The Morgan fingerprint density at radius 1 is 1.33 bits per heavy atom. The summed E-state index contributed by atoms with van der Waals surface area (Å²) in [6.45, 7) is 1.94. The van der Waals surface area contributed by atoms with Crippen LogP contribution in [0, 0.1) is 0 Å². The Labute approximate surface area is 90.5 Å². The molecule has 5 heteroatoms. The zero-order valence-corrected chi connectivity index (χ0v) is 9.50. The van der Waals surface area contributed by atoms with E-state index < -0.39 is 10.0 Å². The normalized spacial score (nSPS) is 13.7. The number of nitrogens with one attached hydrogen (secondary N) is 1. The van der Waals surface area contributed by atoms with E-state index in [0.717, 1.165) is 5.56 Å². The fourth-order valence-electron chi connectivity index (χ4n) is 1.29. The van der Waals surface area contributed by atoms with E-state index in [1.165, 1.54) is 0 Å². The average molecular weight is 228 g/mol. The molecule has 0 radical (unpaired) electrons.